The fourth-order valence-electron chi connectivity index (χ4n) is 3.74. The van der Waals surface area contributed by atoms with Crippen LogP contribution >= 0.6 is 0 Å². The molecule has 0 aliphatic heterocycles. The third-order valence-corrected chi connectivity index (χ3v) is 5.42. The molecule has 0 saturated heterocycles. The summed E-state index contributed by atoms with van der Waals surface area (Å²) < 4.78 is 0. The molecule has 0 spiro atoms. The highest BCUT2D eigenvalue weighted by molar-refractivity contribution is 5.79. The van der Waals surface area contributed by atoms with Gasteiger partial charge in [-0.1, -0.05) is 69.8 Å². The molecule has 1 aliphatic rings. The highest BCUT2D eigenvalue weighted by Gasteiger charge is 2.44. The zero-order chi connectivity index (χ0) is 17.1. The van der Waals surface area contributed by atoms with Gasteiger partial charge in [0, 0.05) is 0 Å². The first-order chi connectivity index (χ1) is 10.9. The minimum absolute atomic E-state index is 0.154. The minimum Gasteiger partial charge on any atom is -0.270 e. The van der Waals surface area contributed by atoms with E-state index in [0.717, 1.165) is 24.8 Å². The van der Waals surface area contributed by atoms with Gasteiger partial charge in [-0.05, 0) is 53.9 Å². The van der Waals surface area contributed by atoms with E-state index in [4.69, 9.17) is 5.84 Å². The Bertz CT molecular complexity index is 624. The number of hydrogen-bond acceptors (Lipinski definition) is 2. The van der Waals surface area contributed by atoms with Crippen molar-refractivity contribution in [3.05, 3.63) is 59.7 Å². The standard InChI is InChI=1S/C21H30N2/c1-6-9-19-20(4,8-3)15-14-18(21(19,5)23-22)17-12-10-16(7-2)11-13-17/h7,9-14,23H,2,6,8,15,22H2,1,3-5H3/b19-9+. The first kappa shape index (κ1) is 17.7. The van der Waals surface area contributed by atoms with E-state index in [9.17, 15) is 0 Å². The molecular formula is C21H30N2. The average Bonchev–Trinajstić information content (AvgIpc) is 2.59. The molecule has 1 aliphatic carbocycles. The van der Waals surface area contributed by atoms with Crippen molar-refractivity contribution >= 4 is 11.6 Å². The van der Waals surface area contributed by atoms with E-state index >= 15 is 0 Å². The predicted octanol–water partition coefficient (Wildman–Crippen LogP) is 5.09. The van der Waals surface area contributed by atoms with Crippen LogP contribution in [0.1, 0.15) is 58.1 Å². The van der Waals surface area contributed by atoms with E-state index in [2.05, 4.69) is 76.1 Å². The quantitative estimate of drug-likeness (QED) is 0.451. The second kappa shape index (κ2) is 6.86. The summed E-state index contributed by atoms with van der Waals surface area (Å²) in [6.07, 6.45) is 9.76. The number of allylic oxidation sites excluding steroid dienone is 2. The molecule has 0 fully saturated rings. The van der Waals surface area contributed by atoms with Gasteiger partial charge in [0.15, 0.2) is 0 Å². The highest BCUT2D eigenvalue weighted by atomic mass is 15.3. The summed E-state index contributed by atoms with van der Waals surface area (Å²) in [4.78, 5) is 0. The average molecular weight is 310 g/mol. The third-order valence-electron chi connectivity index (χ3n) is 5.42. The lowest BCUT2D eigenvalue weighted by molar-refractivity contribution is 0.312. The Morgan fingerprint density at radius 3 is 2.35 bits per heavy atom. The number of nitrogens with one attached hydrogen (secondary N) is 1. The van der Waals surface area contributed by atoms with Gasteiger partial charge in [0.2, 0.25) is 0 Å². The molecule has 0 heterocycles. The summed E-state index contributed by atoms with van der Waals surface area (Å²) in [6.45, 7) is 12.8. The Hall–Kier alpha value is -1.64. The molecule has 23 heavy (non-hydrogen) atoms. The van der Waals surface area contributed by atoms with Crippen LogP contribution < -0.4 is 11.3 Å². The molecule has 2 rings (SSSR count). The van der Waals surface area contributed by atoms with Gasteiger partial charge < -0.3 is 0 Å². The van der Waals surface area contributed by atoms with Gasteiger partial charge in [0.1, 0.15) is 0 Å². The monoisotopic (exact) mass is 310 g/mol. The molecule has 1 aromatic rings. The van der Waals surface area contributed by atoms with Gasteiger partial charge in [0.05, 0.1) is 5.54 Å². The maximum Gasteiger partial charge on any atom is 0.0758 e. The number of rotatable bonds is 5. The van der Waals surface area contributed by atoms with Crippen molar-refractivity contribution in [2.45, 2.75) is 52.5 Å². The van der Waals surface area contributed by atoms with Gasteiger partial charge in [0.25, 0.3) is 0 Å². The van der Waals surface area contributed by atoms with Gasteiger partial charge >= 0.3 is 0 Å². The molecule has 0 radical (unpaired) electrons. The van der Waals surface area contributed by atoms with Gasteiger partial charge in [-0.2, -0.15) is 0 Å². The van der Waals surface area contributed by atoms with Crippen LogP contribution in [-0.4, -0.2) is 5.54 Å². The molecule has 2 nitrogen and oxygen atoms in total. The Morgan fingerprint density at radius 1 is 1.22 bits per heavy atom. The fourth-order valence-corrected chi connectivity index (χ4v) is 3.74. The molecule has 124 valence electrons. The van der Waals surface area contributed by atoms with Crippen molar-refractivity contribution in [2.24, 2.45) is 11.3 Å². The van der Waals surface area contributed by atoms with Crippen LogP contribution in [0, 0.1) is 5.41 Å². The van der Waals surface area contributed by atoms with Crippen LogP contribution in [0.25, 0.3) is 11.6 Å². The molecule has 3 N–H and O–H groups in total. The number of hydrazine groups is 1. The third kappa shape index (κ3) is 3.06. The molecule has 1 aromatic carbocycles. The Balaban J connectivity index is 2.58. The van der Waals surface area contributed by atoms with Crippen molar-refractivity contribution < 1.29 is 0 Å². The zero-order valence-corrected chi connectivity index (χ0v) is 14.9. The predicted molar refractivity (Wildman–Crippen MR) is 102 cm³/mol. The minimum atomic E-state index is -0.339. The second-order valence-corrected chi connectivity index (χ2v) is 6.86. The molecule has 2 unspecified atom stereocenters. The number of nitrogens with two attached hydrogens (primary N) is 1. The molecule has 2 heteroatoms. The van der Waals surface area contributed by atoms with E-state index in [-0.39, 0.29) is 11.0 Å². The van der Waals surface area contributed by atoms with E-state index in [0.29, 0.717) is 0 Å². The van der Waals surface area contributed by atoms with Crippen molar-refractivity contribution in [3.63, 3.8) is 0 Å². The molecule has 0 saturated carbocycles. The van der Waals surface area contributed by atoms with Crippen LogP contribution in [0.5, 0.6) is 0 Å². The van der Waals surface area contributed by atoms with Crippen LogP contribution in [0.4, 0.5) is 0 Å². The first-order valence-corrected chi connectivity index (χ1v) is 8.57. The summed E-state index contributed by atoms with van der Waals surface area (Å²) in [6, 6.07) is 8.54. The lowest BCUT2D eigenvalue weighted by Crippen LogP contribution is -2.54. The van der Waals surface area contributed by atoms with E-state index in [1.54, 1.807) is 0 Å². The van der Waals surface area contributed by atoms with Crippen molar-refractivity contribution in [1.82, 2.24) is 5.43 Å². The largest absolute Gasteiger partial charge is 0.270 e. The maximum absolute atomic E-state index is 6.07. The van der Waals surface area contributed by atoms with Crippen molar-refractivity contribution in [1.29, 1.82) is 0 Å². The lowest BCUT2D eigenvalue weighted by Gasteiger charge is -2.47. The van der Waals surface area contributed by atoms with Crippen LogP contribution in [0.2, 0.25) is 0 Å². The molecule has 0 bridgehead atoms. The van der Waals surface area contributed by atoms with Crippen LogP contribution in [0.3, 0.4) is 0 Å². The summed E-state index contributed by atoms with van der Waals surface area (Å²) >= 11 is 0. The topological polar surface area (TPSA) is 38.0 Å². The smallest absolute Gasteiger partial charge is 0.0758 e. The lowest BCUT2D eigenvalue weighted by atomic mass is 9.61. The highest BCUT2D eigenvalue weighted by Crippen LogP contribution is 2.50. The van der Waals surface area contributed by atoms with Crippen molar-refractivity contribution in [2.75, 3.05) is 0 Å². The summed E-state index contributed by atoms with van der Waals surface area (Å²) in [5.41, 5.74) is 7.96. The maximum atomic E-state index is 6.07. The van der Waals surface area contributed by atoms with E-state index in [1.807, 2.05) is 6.08 Å². The van der Waals surface area contributed by atoms with Crippen LogP contribution in [-0.2, 0) is 0 Å². The van der Waals surface area contributed by atoms with E-state index < -0.39 is 0 Å². The number of hydrogen-bond donors (Lipinski definition) is 2. The second-order valence-electron chi connectivity index (χ2n) is 6.86. The summed E-state index contributed by atoms with van der Waals surface area (Å²) in [5.74, 6) is 6.07. The van der Waals surface area contributed by atoms with Crippen molar-refractivity contribution in [3.8, 4) is 0 Å². The summed E-state index contributed by atoms with van der Waals surface area (Å²) in [7, 11) is 0. The normalized spacial score (nSPS) is 29.4. The van der Waals surface area contributed by atoms with Gasteiger partial charge in [-0.15, -0.1) is 0 Å². The summed E-state index contributed by atoms with van der Waals surface area (Å²) in [5, 5.41) is 0. The number of benzene rings is 1. The van der Waals surface area contributed by atoms with Crippen LogP contribution in [0.15, 0.2) is 48.6 Å². The fraction of sp³-hybridized carbons (Fsp3) is 0.429. The Morgan fingerprint density at radius 2 is 1.87 bits per heavy atom. The van der Waals surface area contributed by atoms with Gasteiger partial charge in [-0.25, -0.2) is 5.43 Å². The molecule has 0 aromatic heterocycles. The molecule has 2 atom stereocenters. The Labute approximate surface area is 141 Å². The SMILES string of the molecule is C=Cc1ccc(C2=CCC(C)(CC)/C(=C\CC)C2(C)NN)cc1. The first-order valence-electron chi connectivity index (χ1n) is 8.57. The van der Waals surface area contributed by atoms with Gasteiger partial charge in [-0.3, -0.25) is 5.84 Å². The zero-order valence-electron chi connectivity index (χ0n) is 14.9. The molecular weight excluding hydrogens is 280 g/mol. The Kier molecular flexibility index (Phi) is 5.28. The van der Waals surface area contributed by atoms with E-state index in [1.165, 1.54) is 16.7 Å². The molecule has 0 amide bonds.